The number of aliphatic hydroxyl groups is 4. The van der Waals surface area contributed by atoms with E-state index in [0.29, 0.717) is 23.6 Å². The number of benzene rings is 5. The molecule has 0 aliphatic heterocycles. The minimum atomic E-state index is -1.39. The normalized spacial score (nSPS) is 11.6. The van der Waals surface area contributed by atoms with Crippen LogP contribution in [0.3, 0.4) is 0 Å². The number of nitrogens with two attached hydrogens (primary N) is 2. The summed E-state index contributed by atoms with van der Waals surface area (Å²) in [6.45, 7) is 68.5. The summed E-state index contributed by atoms with van der Waals surface area (Å²) in [5, 5.41) is 44.9. The van der Waals surface area contributed by atoms with E-state index in [0.717, 1.165) is 68.2 Å². The van der Waals surface area contributed by atoms with Gasteiger partial charge in [-0.2, -0.15) is 15.5 Å². The first-order valence-corrected chi connectivity index (χ1v) is 44.9. The van der Waals surface area contributed by atoms with Crippen LogP contribution in [0.15, 0.2) is 95.4 Å². The van der Waals surface area contributed by atoms with Crippen LogP contribution in [0.2, 0.25) is 18.1 Å². The number of hydrogen-bond donors (Lipinski definition) is 8. The number of Topliss-reactive ketones (excluding diaryl/α,β-unsaturated/α-hetero) is 2. The van der Waals surface area contributed by atoms with Crippen LogP contribution in [-0.2, 0) is 96.4 Å². The first kappa shape index (κ1) is 132. The van der Waals surface area contributed by atoms with Crippen molar-refractivity contribution in [3.05, 3.63) is 176 Å². The number of ketones is 2. The van der Waals surface area contributed by atoms with E-state index in [1.165, 1.54) is 66.8 Å². The number of carbonyl (C=O) groups excluding carboxylic acids is 2. The van der Waals surface area contributed by atoms with Crippen LogP contribution in [0.5, 0.6) is 5.75 Å². The molecule has 0 unspecified atom stereocenters. The molecule has 0 radical (unpaired) electrons. The number of rotatable bonds is 18. The van der Waals surface area contributed by atoms with Gasteiger partial charge < -0.3 is 65.3 Å². The molecule has 640 valence electrons. The maximum Gasteiger partial charge on any atom is 2.00 e. The van der Waals surface area contributed by atoms with Crippen LogP contribution in [0.1, 0.15) is 269 Å². The topological polar surface area (TPSA) is 263 Å². The second kappa shape index (κ2) is 68.7. The van der Waals surface area contributed by atoms with E-state index in [1.807, 2.05) is 88.3 Å². The average molecular weight is 1780 g/mol. The van der Waals surface area contributed by atoms with Crippen molar-refractivity contribution >= 4 is 104 Å². The van der Waals surface area contributed by atoms with Crippen LogP contribution in [0, 0.1) is 69.7 Å². The molecule has 0 amide bonds. The van der Waals surface area contributed by atoms with Gasteiger partial charge in [0, 0.05) is 77.8 Å². The van der Waals surface area contributed by atoms with Crippen LogP contribution in [0.4, 0.5) is 0 Å². The third-order valence-electron chi connectivity index (χ3n) is 16.0. The quantitative estimate of drug-likeness (QED) is 0.0177. The van der Waals surface area contributed by atoms with Crippen LogP contribution in [-0.4, -0.2) is 138 Å². The summed E-state index contributed by atoms with van der Waals surface area (Å²) in [7, 11) is -4.74. The van der Waals surface area contributed by atoms with Gasteiger partial charge in [-0.15, -0.1) is 12.4 Å². The first-order valence-electron chi connectivity index (χ1n) is 37.4. The van der Waals surface area contributed by atoms with Gasteiger partial charge in [0.05, 0.1) is 36.2 Å². The number of carbonyl (C=O) groups is 2. The molecule has 0 spiro atoms. The molecule has 3 atom stereocenters. The van der Waals surface area contributed by atoms with Crippen molar-refractivity contribution in [2.45, 2.75) is 329 Å². The fraction of sp³-hybridized carbons (Fsp3) is 0.614. The van der Waals surface area contributed by atoms with Crippen molar-refractivity contribution in [2.75, 3.05) is 26.4 Å². The molecule has 0 fully saturated rings. The Morgan fingerprint density at radius 1 is 0.468 bits per heavy atom. The molecule has 111 heavy (non-hydrogen) atoms. The number of hydrogen-bond acceptors (Lipinski definition) is 11. The third-order valence-corrected chi connectivity index (χ3v) is 25.9. The van der Waals surface area contributed by atoms with Crippen LogP contribution in [0.25, 0.3) is 0 Å². The van der Waals surface area contributed by atoms with E-state index in [2.05, 4.69) is 199 Å². The smallest absolute Gasteiger partial charge is 1.00 e. The molecular weight excluding hydrogens is 1620 g/mol. The molecule has 0 saturated carbocycles. The largest absolute Gasteiger partial charge is 2.00 e. The second-order valence-corrected chi connectivity index (χ2v) is 45.6. The van der Waals surface area contributed by atoms with Crippen LogP contribution < -0.4 is 32.6 Å². The van der Waals surface area contributed by atoms with Gasteiger partial charge in [0.2, 0.25) is 0 Å². The Morgan fingerprint density at radius 2 is 0.712 bits per heavy atom. The number of phenols is 1. The molecule has 5 aromatic rings. The number of phenolic OH excluding ortho intramolecular Hbond substituents is 1. The molecule has 0 bridgehead atoms. The van der Waals surface area contributed by atoms with Crippen molar-refractivity contribution in [1.29, 1.82) is 0 Å². The Bertz CT molecular complexity index is 3280. The van der Waals surface area contributed by atoms with Gasteiger partial charge >= 0.3 is 23.1 Å². The predicted molar refractivity (Wildman–Crippen MR) is 489 cm³/mol. The summed E-state index contributed by atoms with van der Waals surface area (Å²) in [6.07, 6.45) is 8.77. The summed E-state index contributed by atoms with van der Waals surface area (Å²) >= 11 is 6.15. The number of aromatic hydroxyl groups is 1. The Balaban J connectivity index is -0.000000115. The Morgan fingerprint density at radius 3 is 0.928 bits per heavy atom. The van der Waals surface area contributed by atoms with Gasteiger partial charge in [-0.1, -0.05) is 119 Å². The first-order chi connectivity index (χ1) is 48.1. The molecule has 5 aromatic carbocycles. The molecule has 0 saturated heterocycles. The van der Waals surface area contributed by atoms with Crippen molar-refractivity contribution < 1.29 is 86.4 Å². The number of nitrogens with one attached hydrogen (secondary N) is 1. The maximum absolute atomic E-state index is 12.2. The molecule has 23 heteroatoms. The number of aryl methyl sites for hydroxylation is 14. The standard InChI is InChI=1S/C17H29NOS.C16H25NOS.C13H21N.C12H16O.C11H14O2.C6H15ClSi.C4H11NOS.4C2H6O.CH3.BrH.ClH.Mg.Ti/c1-13-8-9-15(12-14(13)2)10-11-17(6,7)18-20(19)16(3,4)5;1-12-7-9-15(11-13(12)2)10-8-14(3)17-19(18)16(4,5)6;1-10-5-6-12(9-11(10)2)7-8-13(3,4)14;1-9-4-6-12(8-10(9)2)7-5-11(3)13;1-8-7-10(4-3-9(2)12)5-6-11(8)13;1-6(2,3)8(4,5)7;1-4(2,3)7(5)6;4*1-2-3;;;;;/h8-9,12,18H,10-11H2,1-7H3;7,9,11H,8,10H2,1-6H3;5-6,9H,7-8,14H2,1-4H3;4,6,8H,5,7H2,1-3H3;5-7,13H,3-4H2,1-2H3;1-5H3;5H2,1-3H3;4*3H,2H2,1H3;1H3;2*1H;;/q;;;;;;;;;;;-1;;;+2;/p-1/t20-;19-;;;;;7-;;;;;;;;;/m11....0........./s1. The SMILES string of the molecule is CC(=O)CCc1ccc(C)c(C)c1.CC(=O)CCc1ccc(O)c(C)c1.CC(C)(C)[S@@](N)=O.CC(C)(C)[Si](C)(C)Cl.CC(CCc1ccc(C)c(C)c1)=N[S@](=O)C(C)(C)C.CCO.CCO.CCO.CCO.Cc1ccc(CCC(C)(C)N)cc1C.Cc1ccc(CCC(C)(C)N[S@](=O)C(C)(C)C)cc1C.Cl.[Br-].[CH3-].[Mg+2].[Ti]. The molecule has 10 N–H and O–H groups in total. The van der Waals surface area contributed by atoms with Crippen molar-refractivity contribution in [3.63, 3.8) is 0 Å². The minimum absolute atomic E-state index is 0. The van der Waals surface area contributed by atoms with Gasteiger partial charge in [0.1, 0.15) is 28.3 Å². The minimum Gasteiger partial charge on any atom is -1.00 e. The summed E-state index contributed by atoms with van der Waals surface area (Å²) in [6, 6.07) is 31.7. The van der Waals surface area contributed by atoms with E-state index in [9.17, 15) is 27.3 Å². The van der Waals surface area contributed by atoms with E-state index in [1.54, 1.807) is 47.6 Å². The fourth-order valence-electron chi connectivity index (χ4n) is 7.38. The van der Waals surface area contributed by atoms with E-state index >= 15 is 0 Å². The molecule has 0 aliphatic carbocycles. The number of halogens is 3. The zero-order valence-electron chi connectivity index (χ0n) is 76.0. The van der Waals surface area contributed by atoms with Gasteiger partial charge in [-0.3, -0.25) is 5.14 Å². The Labute approximate surface area is 741 Å². The molecule has 0 aliphatic rings. The van der Waals surface area contributed by atoms with Gasteiger partial charge in [0.25, 0.3) is 0 Å². The average Bonchev–Trinajstić information content (AvgIpc) is 0.835. The zero-order valence-corrected chi connectivity index (χ0v) is 85.6. The molecule has 0 heterocycles. The summed E-state index contributed by atoms with van der Waals surface area (Å²) < 4.78 is 41.3. The van der Waals surface area contributed by atoms with Gasteiger partial charge in [-0.05, 0) is 341 Å². The van der Waals surface area contributed by atoms with Gasteiger partial charge in [-0.25, -0.2) is 17.3 Å². The van der Waals surface area contributed by atoms with E-state index in [4.69, 9.17) is 42.4 Å². The van der Waals surface area contributed by atoms with Crippen LogP contribution >= 0.6 is 23.5 Å². The number of nitrogens with zero attached hydrogens (tertiary/aromatic N) is 1. The van der Waals surface area contributed by atoms with E-state index in [-0.39, 0.29) is 145 Å². The molecule has 14 nitrogen and oxygen atoms in total. The zero-order chi connectivity index (χ0) is 84.5. The summed E-state index contributed by atoms with van der Waals surface area (Å²) in [5.41, 5.74) is 24.7. The molecular formula is C88H159BrCl2MgN4O10S3SiTi. The second-order valence-electron chi connectivity index (χ2n) is 32.6. The number of aliphatic hydroxyl groups excluding tert-OH is 4. The maximum atomic E-state index is 12.2. The van der Waals surface area contributed by atoms with Gasteiger partial charge in [0.15, 0.2) is 7.38 Å². The van der Waals surface area contributed by atoms with Crippen molar-refractivity contribution in [2.24, 2.45) is 15.3 Å². The monoisotopic (exact) mass is 1780 g/mol. The summed E-state index contributed by atoms with van der Waals surface area (Å²) in [4.78, 5) is 21.5. The van der Waals surface area contributed by atoms with E-state index < -0.39 is 40.3 Å². The van der Waals surface area contributed by atoms with Crippen molar-refractivity contribution in [1.82, 2.24) is 4.72 Å². The Hall–Kier alpha value is -2.16. The predicted octanol–water partition coefficient (Wildman–Crippen LogP) is 17.4. The molecule has 0 aromatic heterocycles. The Kier molecular flexibility index (Phi) is 81.9. The fourth-order valence-corrected chi connectivity index (χ4v) is 8.94. The molecule has 5 rings (SSSR count). The van der Waals surface area contributed by atoms with Crippen molar-refractivity contribution in [3.8, 4) is 5.75 Å². The summed E-state index contributed by atoms with van der Waals surface area (Å²) in [5.74, 6) is 0.774. The third kappa shape index (κ3) is 76.3.